The van der Waals surface area contributed by atoms with Gasteiger partial charge < -0.3 is 0 Å². The second-order valence-electron chi connectivity index (χ2n) is 8.43. The SMILES string of the molecule is O=C1c2ccc3c(=O)n4c5cc6nccnc6cc5nc4c4ccc(c2c34)C(=O)N1c1cccs1. The van der Waals surface area contributed by atoms with Crippen molar-refractivity contribution >= 4 is 77.4 Å². The van der Waals surface area contributed by atoms with Crippen molar-refractivity contribution < 1.29 is 9.59 Å². The minimum Gasteiger partial charge on any atom is -0.268 e. The summed E-state index contributed by atoms with van der Waals surface area (Å²) in [7, 11) is 0. The molecule has 0 saturated carbocycles. The van der Waals surface area contributed by atoms with Crippen molar-refractivity contribution in [3.63, 3.8) is 0 Å². The van der Waals surface area contributed by atoms with Crippen LogP contribution in [0, 0.1) is 0 Å². The maximum atomic E-state index is 13.8. The number of carbonyl (C=O) groups excluding carboxylic acids is 2. The third-order valence-electron chi connectivity index (χ3n) is 6.67. The summed E-state index contributed by atoms with van der Waals surface area (Å²) in [5.74, 6) is -0.799. The van der Waals surface area contributed by atoms with Crippen molar-refractivity contribution in [3.8, 4) is 0 Å². The molecule has 4 aromatic heterocycles. The molecule has 35 heavy (non-hydrogen) atoms. The molecular formula is C26H11N5O3S. The van der Waals surface area contributed by atoms with Crippen molar-refractivity contribution in [2.45, 2.75) is 0 Å². The van der Waals surface area contributed by atoms with E-state index in [1.54, 1.807) is 47.1 Å². The van der Waals surface area contributed by atoms with Gasteiger partial charge >= 0.3 is 0 Å². The van der Waals surface area contributed by atoms with Gasteiger partial charge in [-0.05, 0) is 53.9 Å². The van der Waals surface area contributed by atoms with E-state index >= 15 is 0 Å². The summed E-state index contributed by atoms with van der Waals surface area (Å²) in [6, 6.07) is 14.0. The second kappa shape index (κ2) is 6.22. The molecule has 2 amide bonds. The summed E-state index contributed by atoms with van der Waals surface area (Å²) >= 11 is 1.32. The predicted molar refractivity (Wildman–Crippen MR) is 134 cm³/mol. The summed E-state index contributed by atoms with van der Waals surface area (Å²) < 4.78 is 1.58. The lowest BCUT2D eigenvalue weighted by Gasteiger charge is -2.26. The molecule has 0 N–H and O–H groups in total. The molecule has 164 valence electrons. The summed E-state index contributed by atoms with van der Waals surface area (Å²) in [4.78, 5) is 55.3. The highest BCUT2D eigenvalue weighted by molar-refractivity contribution is 7.14. The van der Waals surface area contributed by atoms with Crippen molar-refractivity contribution in [1.82, 2.24) is 19.4 Å². The lowest BCUT2D eigenvalue weighted by molar-refractivity contribution is 0.0894. The minimum absolute atomic E-state index is 0.262. The number of imidazole rings is 1. The van der Waals surface area contributed by atoms with Crippen LogP contribution in [-0.4, -0.2) is 31.2 Å². The van der Waals surface area contributed by atoms with Crippen molar-refractivity contribution in [2.75, 3.05) is 4.90 Å². The molecule has 1 aliphatic rings. The van der Waals surface area contributed by atoms with E-state index in [1.807, 2.05) is 23.6 Å². The fourth-order valence-corrected chi connectivity index (χ4v) is 5.91. The standard InChI is InChI=1S/C26H11N5O3S/c32-24-13-5-6-15-22-14(25(33)31(26(15)34)20-2-1-9-35-20)4-3-12(21(13)22)23-29-18-10-16-17(28-8-7-27-16)11-19(18)30(23)24/h1-11H. The summed E-state index contributed by atoms with van der Waals surface area (Å²) in [5.41, 5.74) is 3.59. The Balaban J connectivity index is 1.53. The Hall–Kier alpha value is -4.76. The van der Waals surface area contributed by atoms with Crippen LogP contribution in [0.4, 0.5) is 5.00 Å². The van der Waals surface area contributed by atoms with Gasteiger partial charge in [-0.1, -0.05) is 0 Å². The highest BCUT2D eigenvalue weighted by atomic mass is 32.1. The lowest BCUT2D eigenvalue weighted by atomic mass is 9.90. The third kappa shape index (κ3) is 2.20. The van der Waals surface area contributed by atoms with Crippen molar-refractivity contribution in [2.24, 2.45) is 0 Å². The largest absolute Gasteiger partial charge is 0.268 e. The number of anilines is 1. The van der Waals surface area contributed by atoms with E-state index < -0.39 is 11.8 Å². The number of benzene rings is 3. The Labute approximate surface area is 199 Å². The first-order valence-electron chi connectivity index (χ1n) is 10.8. The first-order valence-corrected chi connectivity index (χ1v) is 11.7. The number of imide groups is 1. The molecule has 9 heteroatoms. The molecule has 0 fully saturated rings. The molecule has 0 bridgehead atoms. The molecule has 3 aromatic carbocycles. The normalized spacial score (nSPS) is 13.9. The van der Waals surface area contributed by atoms with Crippen LogP contribution >= 0.6 is 11.3 Å². The number of aromatic nitrogens is 4. The molecule has 0 spiro atoms. The number of fused-ring (bicyclic) bond motifs is 5. The molecule has 7 aromatic rings. The van der Waals surface area contributed by atoms with Crippen LogP contribution < -0.4 is 10.5 Å². The number of hydrogen-bond acceptors (Lipinski definition) is 7. The van der Waals surface area contributed by atoms with E-state index in [0.29, 0.717) is 65.4 Å². The number of thiophene rings is 1. The number of hydrogen-bond donors (Lipinski definition) is 0. The average Bonchev–Trinajstić information content (AvgIpc) is 3.53. The summed E-state index contributed by atoms with van der Waals surface area (Å²) in [6.07, 6.45) is 3.22. The summed E-state index contributed by atoms with van der Waals surface area (Å²) in [6.45, 7) is 0. The number of rotatable bonds is 1. The van der Waals surface area contributed by atoms with Gasteiger partial charge in [0.2, 0.25) is 0 Å². The van der Waals surface area contributed by atoms with Crippen LogP contribution in [0.2, 0.25) is 0 Å². The highest BCUT2D eigenvalue weighted by Gasteiger charge is 2.36. The zero-order chi connectivity index (χ0) is 23.4. The minimum atomic E-state index is -0.399. The Kier molecular flexibility index (Phi) is 3.31. The van der Waals surface area contributed by atoms with Gasteiger partial charge in [-0.25, -0.2) is 9.88 Å². The molecule has 0 atom stereocenters. The molecule has 0 aliphatic carbocycles. The zero-order valence-corrected chi connectivity index (χ0v) is 18.5. The molecule has 8 nitrogen and oxygen atoms in total. The van der Waals surface area contributed by atoms with Crippen LogP contribution in [0.3, 0.4) is 0 Å². The van der Waals surface area contributed by atoms with E-state index in [1.165, 1.54) is 16.2 Å². The second-order valence-corrected chi connectivity index (χ2v) is 9.36. The van der Waals surface area contributed by atoms with Gasteiger partial charge in [0.1, 0.15) is 10.6 Å². The van der Waals surface area contributed by atoms with Crippen molar-refractivity contribution in [1.29, 1.82) is 0 Å². The first kappa shape index (κ1) is 18.6. The van der Waals surface area contributed by atoms with Gasteiger partial charge in [0, 0.05) is 45.1 Å². The summed E-state index contributed by atoms with van der Waals surface area (Å²) in [5, 5.41) is 4.60. The van der Waals surface area contributed by atoms with E-state index in [2.05, 4.69) is 9.97 Å². The van der Waals surface area contributed by atoms with Crippen molar-refractivity contribution in [3.05, 3.63) is 87.8 Å². The Morgan fingerprint density at radius 2 is 1.46 bits per heavy atom. The quantitative estimate of drug-likeness (QED) is 0.328. The van der Waals surface area contributed by atoms with Gasteiger partial charge in [0.05, 0.1) is 22.1 Å². The van der Waals surface area contributed by atoms with E-state index in [0.717, 1.165) is 0 Å². The van der Waals surface area contributed by atoms with Gasteiger partial charge in [0.25, 0.3) is 17.4 Å². The fraction of sp³-hybridized carbons (Fsp3) is 0. The smallest absolute Gasteiger partial charge is 0.266 e. The van der Waals surface area contributed by atoms with Gasteiger partial charge in [0.15, 0.2) is 0 Å². The van der Waals surface area contributed by atoms with Crippen LogP contribution in [-0.2, 0) is 0 Å². The molecule has 0 radical (unpaired) electrons. The third-order valence-corrected chi connectivity index (χ3v) is 7.53. The Morgan fingerprint density at radius 1 is 0.743 bits per heavy atom. The molecule has 0 unspecified atom stereocenters. The van der Waals surface area contributed by atoms with Crippen LogP contribution in [0.1, 0.15) is 20.7 Å². The molecule has 1 aliphatic heterocycles. The van der Waals surface area contributed by atoms with Crippen LogP contribution in [0.25, 0.3) is 49.3 Å². The fourth-order valence-electron chi connectivity index (χ4n) is 5.19. The van der Waals surface area contributed by atoms with E-state index in [4.69, 9.17) is 4.98 Å². The van der Waals surface area contributed by atoms with E-state index in [9.17, 15) is 14.4 Å². The zero-order valence-electron chi connectivity index (χ0n) is 17.7. The van der Waals surface area contributed by atoms with Gasteiger partial charge in [-0.3, -0.25) is 28.8 Å². The lowest BCUT2D eigenvalue weighted by Crippen LogP contribution is -2.40. The number of nitrogens with zero attached hydrogens (tertiary/aromatic N) is 5. The monoisotopic (exact) mass is 473 g/mol. The first-order chi connectivity index (χ1) is 17.1. The van der Waals surface area contributed by atoms with Crippen LogP contribution in [0.5, 0.6) is 0 Å². The predicted octanol–water partition coefficient (Wildman–Crippen LogP) is 4.40. The molecule has 5 heterocycles. The van der Waals surface area contributed by atoms with Gasteiger partial charge in [-0.2, -0.15) is 0 Å². The Morgan fingerprint density at radius 3 is 2.17 bits per heavy atom. The molecule has 8 rings (SSSR count). The topological polar surface area (TPSA) is 97.5 Å². The number of carbonyl (C=O) groups is 2. The number of pyridine rings is 1. The molecule has 0 saturated heterocycles. The maximum Gasteiger partial charge on any atom is 0.266 e. The maximum absolute atomic E-state index is 13.8. The van der Waals surface area contributed by atoms with Gasteiger partial charge in [-0.15, -0.1) is 11.3 Å². The van der Waals surface area contributed by atoms with E-state index in [-0.39, 0.29) is 5.56 Å². The van der Waals surface area contributed by atoms with Crippen LogP contribution in [0.15, 0.2) is 71.1 Å². The highest BCUT2D eigenvalue weighted by Crippen LogP contribution is 2.39. The molecular weight excluding hydrogens is 462 g/mol. The Bertz CT molecular complexity index is 2110. The average molecular weight is 473 g/mol. The number of amides is 2.